The van der Waals surface area contributed by atoms with E-state index in [1.807, 2.05) is 36.4 Å². The van der Waals surface area contributed by atoms with Crippen LogP contribution in [0, 0.1) is 11.8 Å². The summed E-state index contributed by atoms with van der Waals surface area (Å²) in [5, 5.41) is 13.5. The van der Waals surface area contributed by atoms with Crippen molar-refractivity contribution in [2.45, 2.75) is 71.6 Å². The van der Waals surface area contributed by atoms with Crippen molar-refractivity contribution in [3.05, 3.63) is 53.6 Å². The maximum absolute atomic E-state index is 12.1. The van der Waals surface area contributed by atoms with Gasteiger partial charge in [-0.2, -0.15) is 0 Å². The summed E-state index contributed by atoms with van der Waals surface area (Å²) in [6, 6.07) is 9.85. The highest BCUT2D eigenvalue weighted by atomic mass is 16.5. The van der Waals surface area contributed by atoms with Crippen molar-refractivity contribution in [1.29, 1.82) is 0 Å². The number of hydrogen-bond acceptors (Lipinski definition) is 4. The van der Waals surface area contributed by atoms with Gasteiger partial charge < -0.3 is 20.1 Å². The van der Waals surface area contributed by atoms with Gasteiger partial charge in [0.1, 0.15) is 5.75 Å². The van der Waals surface area contributed by atoms with Crippen LogP contribution in [0.2, 0.25) is 0 Å². The second kappa shape index (κ2) is 12.6. The topological polar surface area (TPSA) is 61.8 Å². The summed E-state index contributed by atoms with van der Waals surface area (Å²) in [5.41, 5.74) is 1.87. The SMILES string of the molecule is CCCCN(CCCC)C1=C(Oc2ccccc2)C(NCC2CCCC2)=CC(C(=O)O)C1. The first-order chi connectivity index (χ1) is 15.6. The number of benzene rings is 1. The third kappa shape index (κ3) is 6.78. The highest BCUT2D eigenvalue weighted by molar-refractivity contribution is 5.73. The summed E-state index contributed by atoms with van der Waals surface area (Å²) in [5.74, 6) is 0.934. The molecule has 3 rings (SSSR count). The minimum atomic E-state index is -0.771. The number of aliphatic carboxylic acids is 1. The Kier molecular flexibility index (Phi) is 9.51. The predicted octanol–water partition coefficient (Wildman–Crippen LogP) is 5.95. The maximum atomic E-state index is 12.1. The predicted molar refractivity (Wildman–Crippen MR) is 129 cm³/mol. The molecule has 2 N–H and O–H groups in total. The monoisotopic (exact) mass is 440 g/mol. The summed E-state index contributed by atoms with van der Waals surface area (Å²) in [4.78, 5) is 14.4. The van der Waals surface area contributed by atoms with Crippen LogP contribution in [-0.2, 0) is 4.79 Å². The number of allylic oxidation sites excluding steroid dienone is 1. The van der Waals surface area contributed by atoms with Gasteiger partial charge in [-0.25, -0.2) is 0 Å². The van der Waals surface area contributed by atoms with Crippen LogP contribution in [0.3, 0.4) is 0 Å². The molecule has 5 heteroatoms. The van der Waals surface area contributed by atoms with Crippen LogP contribution in [0.15, 0.2) is 53.6 Å². The summed E-state index contributed by atoms with van der Waals surface area (Å²) in [6.07, 6.45) is 11.8. The Hall–Kier alpha value is -2.43. The molecular formula is C27H40N2O3. The largest absolute Gasteiger partial charge is 0.481 e. The first-order valence-electron chi connectivity index (χ1n) is 12.5. The van der Waals surface area contributed by atoms with Crippen molar-refractivity contribution < 1.29 is 14.6 Å². The fraction of sp³-hybridized carbons (Fsp3) is 0.593. The van der Waals surface area contributed by atoms with Gasteiger partial charge in [-0.1, -0.05) is 57.7 Å². The number of para-hydroxylation sites is 1. The number of nitrogens with one attached hydrogen (secondary N) is 1. The number of ether oxygens (including phenoxy) is 1. The van der Waals surface area contributed by atoms with Crippen molar-refractivity contribution >= 4 is 5.97 Å². The number of hydrogen-bond donors (Lipinski definition) is 2. The first-order valence-corrected chi connectivity index (χ1v) is 12.5. The molecule has 32 heavy (non-hydrogen) atoms. The number of carbonyl (C=O) groups is 1. The highest BCUT2D eigenvalue weighted by Crippen LogP contribution is 2.33. The Balaban J connectivity index is 1.96. The van der Waals surface area contributed by atoms with Crippen molar-refractivity contribution in [3.8, 4) is 5.75 Å². The molecule has 0 amide bonds. The molecule has 0 aromatic heterocycles. The molecule has 1 fully saturated rings. The van der Waals surface area contributed by atoms with Crippen molar-refractivity contribution in [3.63, 3.8) is 0 Å². The van der Waals surface area contributed by atoms with Crippen LogP contribution in [-0.4, -0.2) is 35.6 Å². The van der Waals surface area contributed by atoms with Crippen LogP contribution >= 0.6 is 0 Å². The van der Waals surface area contributed by atoms with E-state index < -0.39 is 11.9 Å². The second-order valence-corrected chi connectivity index (χ2v) is 9.15. The van der Waals surface area contributed by atoms with Gasteiger partial charge in [0.25, 0.3) is 0 Å². The molecule has 0 heterocycles. The van der Waals surface area contributed by atoms with Crippen LogP contribution in [0.4, 0.5) is 0 Å². The Bertz CT molecular complexity index is 773. The number of carboxylic acid groups (broad SMARTS) is 1. The Morgan fingerprint density at radius 2 is 1.75 bits per heavy atom. The van der Waals surface area contributed by atoms with E-state index in [-0.39, 0.29) is 0 Å². The fourth-order valence-electron chi connectivity index (χ4n) is 4.63. The number of rotatable bonds is 13. The molecule has 1 saturated carbocycles. The van der Waals surface area contributed by atoms with Crippen molar-refractivity contribution in [2.24, 2.45) is 11.8 Å². The van der Waals surface area contributed by atoms with Gasteiger partial charge in [0.2, 0.25) is 0 Å². The van der Waals surface area contributed by atoms with Crippen LogP contribution in [0.5, 0.6) is 5.75 Å². The first kappa shape index (κ1) is 24.2. The second-order valence-electron chi connectivity index (χ2n) is 9.15. The molecule has 1 aromatic rings. The van der Waals surface area contributed by atoms with Crippen LogP contribution in [0.25, 0.3) is 0 Å². The Morgan fingerprint density at radius 3 is 2.34 bits per heavy atom. The fourth-order valence-corrected chi connectivity index (χ4v) is 4.63. The minimum Gasteiger partial charge on any atom is -0.481 e. The van der Waals surface area contributed by atoms with Gasteiger partial charge in [-0.15, -0.1) is 0 Å². The van der Waals surface area contributed by atoms with Crippen molar-refractivity contribution in [1.82, 2.24) is 10.2 Å². The molecule has 0 spiro atoms. The standard InChI is InChI=1S/C27H40N2O3/c1-3-5-16-29(17-6-4-2)25-19-22(27(30)31)18-24(28-20-21-12-10-11-13-21)26(25)32-23-14-8-7-9-15-23/h7-9,14-15,18,21-22,28H,3-6,10-13,16-17,19-20H2,1-2H3,(H,30,31). The molecule has 0 aliphatic heterocycles. The van der Waals surface area contributed by atoms with E-state index in [9.17, 15) is 9.90 Å². The normalized spacial score (nSPS) is 19.1. The molecule has 0 bridgehead atoms. The summed E-state index contributed by atoms with van der Waals surface area (Å²) >= 11 is 0. The summed E-state index contributed by atoms with van der Waals surface area (Å²) in [6.45, 7) is 7.12. The Morgan fingerprint density at radius 1 is 1.09 bits per heavy atom. The third-order valence-corrected chi connectivity index (χ3v) is 6.57. The van der Waals surface area contributed by atoms with E-state index in [2.05, 4.69) is 24.1 Å². The number of nitrogens with zero attached hydrogens (tertiary/aromatic N) is 1. The molecule has 5 nitrogen and oxygen atoms in total. The average molecular weight is 441 g/mol. The lowest BCUT2D eigenvalue weighted by molar-refractivity contribution is -0.140. The minimum absolute atomic E-state index is 0.472. The lowest BCUT2D eigenvalue weighted by atomic mass is 9.93. The molecule has 0 saturated heterocycles. The zero-order valence-electron chi connectivity index (χ0n) is 19.8. The van der Waals surface area contributed by atoms with E-state index in [1.54, 1.807) is 0 Å². The molecule has 0 radical (unpaired) electrons. The maximum Gasteiger partial charge on any atom is 0.310 e. The number of unbranched alkanes of at least 4 members (excludes halogenated alkanes) is 2. The van der Waals surface area contributed by atoms with E-state index in [0.29, 0.717) is 12.3 Å². The smallest absolute Gasteiger partial charge is 0.310 e. The quantitative estimate of drug-likeness (QED) is 0.397. The molecule has 1 unspecified atom stereocenters. The van der Waals surface area contributed by atoms with E-state index in [1.165, 1.54) is 25.7 Å². The summed E-state index contributed by atoms with van der Waals surface area (Å²) in [7, 11) is 0. The van der Waals surface area contributed by atoms with Crippen molar-refractivity contribution in [2.75, 3.05) is 19.6 Å². The van der Waals surface area contributed by atoms with Gasteiger partial charge >= 0.3 is 5.97 Å². The van der Waals surface area contributed by atoms with Gasteiger partial charge in [0.05, 0.1) is 17.3 Å². The van der Waals surface area contributed by atoms with Gasteiger partial charge in [-0.3, -0.25) is 4.79 Å². The highest BCUT2D eigenvalue weighted by Gasteiger charge is 2.31. The van der Waals surface area contributed by atoms with Crippen LogP contribution < -0.4 is 10.1 Å². The molecule has 1 aromatic carbocycles. The van der Waals surface area contributed by atoms with Gasteiger partial charge in [-0.05, 0) is 49.8 Å². The van der Waals surface area contributed by atoms with Crippen LogP contribution in [0.1, 0.15) is 71.6 Å². The molecule has 1 atom stereocenters. The van der Waals surface area contributed by atoms with Gasteiger partial charge in [0, 0.05) is 26.1 Å². The lowest BCUT2D eigenvalue weighted by Gasteiger charge is -2.34. The molecule has 2 aliphatic carbocycles. The average Bonchev–Trinajstić information content (AvgIpc) is 3.33. The lowest BCUT2D eigenvalue weighted by Crippen LogP contribution is -2.35. The molecular weight excluding hydrogens is 400 g/mol. The number of carboxylic acids is 1. The third-order valence-electron chi connectivity index (χ3n) is 6.57. The molecule has 2 aliphatic rings. The zero-order valence-corrected chi connectivity index (χ0v) is 19.8. The van der Waals surface area contributed by atoms with Gasteiger partial charge in [0.15, 0.2) is 5.76 Å². The summed E-state index contributed by atoms with van der Waals surface area (Å²) < 4.78 is 6.48. The van der Waals surface area contributed by atoms with E-state index in [0.717, 1.165) is 68.2 Å². The zero-order chi connectivity index (χ0) is 22.8. The van der Waals surface area contributed by atoms with E-state index in [4.69, 9.17) is 4.74 Å². The Labute approximate surface area is 193 Å². The molecule has 176 valence electrons. The van der Waals surface area contributed by atoms with E-state index >= 15 is 0 Å².